The molecule has 0 radical (unpaired) electrons. The van der Waals surface area contributed by atoms with Crippen LogP contribution in [0.3, 0.4) is 0 Å². The van der Waals surface area contributed by atoms with Gasteiger partial charge in [-0.1, -0.05) is 51.5 Å². The van der Waals surface area contributed by atoms with E-state index >= 15 is 0 Å². The predicted octanol–water partition coefficient (Wildman–Crippen LogP) is 6.74. The minimum atomic E-state index is -1.32. The van der Waals surface area contributed by atoms with E-state index in [4.69, 9.17) is 0 Å². The Morgan fingerprint density at radius 2 is 1.55 bits per heavy atom. The van der Waals surface area contributed by atoms with Crippen molar-refractivity contribution >= 4 is 0 Å². The maximum Gasteiger partial charge on any atom is 0.194 e. The van der Waals surface area contributed by atoms with E-state index in [1.807, 2.05) is 0 Å². The van der Waals surface area contributed by atoms with E-state index < -0.39 is 17.5 Å². The van der Waals surface area contributed by atoms with Crippen molar-refractivity contribution in [3.63, 3.8) is 0 Å². The summed E-state index contributed by atoms with van der Waals surface area (Å²) in [7, 11) is 0. The molecule has 0 aliphatic heterocycles. The summed E-state index contributed by atoms with van der Waals surface area (Å²) in [5, 5.41) is 0. The fourth-order valence-corrected chi connectivity index (χ4v) is 3.65. The molecule has 0 aromatic heterocycles. The largest absolute Gasteiger partial charge is 0.204 e. The highest BCUT2D eigenvalue weighted by Crippen LogP contribution is 2.39. The summed E-state index contributed by atoms with van der Waals surface area (Å²) in [6.07, 6.45) is 11.7. The van der Waals surface area contributed by atoms with Gasteiger partial charge in [-0.3, -0.25) is 0 Å². The van der Waals surface area contributed by atoms with Crippen LogP contribution in [0.2, 0.25) is 0 Å². The Labute approximate surface area is 132 Å². The second-order valence-electron chi connectivity index (χ2n) is 6.69. The van der Waals surface area contributed by atoms with Gasteiger partial charge >= 0.3 is 0 Å². The van der Waals surface area contributed by atoms with Crippen molar-refractivity contribution in [2.45, 2.75) is 77.0 Å². The average molecular weight is 312 g/mol. The molecular formula is C19H27F3. The molecule has 0 nitrogen and oxygen atoms in total. The number of halogens is 3. The normalized spacial score (nSPS) is 22.0. The SMILES string of the molecule is CCCCCCC[C@H]1CC[C@H](c2ccc(F)c(F)c2F)CC1. The molecule has 2 rings (SSSR count). The molecule has 0 saturated heterocycles. The fourth-order valence-electron chi connectivity index (χ4n) is 3.65. The van der Waals surface area contributed by atoms with Gasteiger partial charge in [0.15, 0.2) is 17.5 Å². The number of unbranched alkanes of at least 4 members (excludes halogenated alkanes) is 4. The Balaban J connectivity index is 1.79. The Morgan fingerprint density at radius 1 is 0.864 bits per heavy atom. The van der Waals surface area contributed by atoms with E-state index in [1.54, 1.807) is 0 Å². The Hall–Kier alpha value is -0.990. The van der Waals surface area contributed by atoms with Crippen molar-refractivity contribution in [3.05, 3.63) is 35.1 Å². The molecule has 1 saturated carbocycles. The van der Waals surface area contributed by atoms with Gasteiger partial charge in [0.2, 0.25) is 0 Å². The third-order valence-electron chi connectivity index (χ3n) is 5.07. The van der Waals surface area contributed by atoms with Crippen LogP contribution < -0.4 is 0 Å². The highest BCUT2D eigenvalue weighted by atomic mass is 19.2. The molecule has 1 aromatic carbocycles. The lowest BCUT2D eigenvalue weighted by atomic mass is 9.77. The summed E-state index contributed by atoms with van der Waals surface area (Å²) in [5.74, 6) is -2.63. The third kappa shape index (κ3) is 4.50. The monoisotopic (exact) mass is 312 g/mol. The van der Waals surface area contributed by atoms with Crippen LogP contribution in [-0.4, -0.2) is 0 Å². The molecule has 3 heteroatoms. The lowest BCUT2D eigenvalue weighted by molar-refractivity contribution is 0.296. The maximum absolute atomic E-state index is 13.9. The summed E-state index contributed by atoms with van der Waals surface area (Å²) < 4.78 is 40.2. The smallest absolute Gasteiger partial charge is 0.194 e. The van der Waals surface area contributed by atoms with Crippen molar-refractivity contribution in [1.29, 1.82) is 0 Å². The molecule has 1 aliphatic rings. The van der Waals surface area contributed by atoms with Crippen LogP contribution in [-0.2, 0) is 0 Å². The molecule has 0 atom stereocenters. The standard InChI is InChI=1S/C19H27F3/c1-2-3-4-5-6-7-14-8-10-15(11-9-14)16-12-13-17(20)19(22)18(16)21/h12-15H,2-11H2,1H3/t14-,15-. The summed E-state index contributed by atoms with van der Waals surface area (Å²) in [4.78, 5) is 0. The van der Waals surface area contributed by atoms with Gasteiger partial charge in [0.05, 0.1) is 0 Å². The Kier molecular flexibility index (Phi) is 6.78. The first-order valence-electron chi connectivity index (χ1n) is 8.76. The highest BCUT2D eigenvalue weighted by Gasteiger charge is 2.26. The highest BCUT2D eigenvalue weighted by molar-refractivity contribution is 5.24. The second kappa shape index (κ2) is 8.59. The maximum atomic E-state index is 13.9. The quantitative estimate of drug-likeness (QED) is 0.386. The summed E-state index contributed by atoms with van der Waals surface area (Å²) in [6, 6.07) is 2.47. The topological polar surface area (TPSA) is 0 Å². The number of benzene rings is 1. The van der Waals surface area contributed by atoms with Crippen LogP contribution in [0, 0.1) is 23.4 Å². The molecule has 1 aromatic rings. The van der Waals surface area contributed by atoms with Crippen molar-refractivity contribution in [2.75, 3.05) is 0 Å². The molecule has 0 spiro atoms. The Morgan fingerprint density at radius 3 is 2.23 bits per heavy atom. The minimum Gasteiger partial charge on any atom is -0.204 e. The molecule has 0 unspecified atom stereocenters. The van der Waals surface area contributed by atoms with E-state index in [-0.39, 0.29) is 5.92 Å². The van der Waals surface area contributed by atoms with Gasteiger partial charge < -0.3 is 0 Å². The van der Waals surface area contributed by atoms with Crippen molar-refractivity contribution in [2.24, 2.45) is 5.92 Å². The molecule has 0 heterocycles. The summed E-state index contributed by atoms with van der Waals surface area (Å²) in [5.41, 5.74) is 0.361. The van der Waals surface area contributed by atoms with Crippen molar-refractivity contribution in [3.8, 4) is 0 Å². The lowest BCUT2D eigenvalue weighted by Gasteiger charge is -2.29. The van der Waals surface area contributed by atoms with Crippen LogP contribution in [0.25, 0.3) is 0 Å². The van der Waals surface area contributed by atoms with Crippen LogP contribution in [0.15, 0.2) is 12.1 Å². The van der Waals surface area contributed by atoms with E-state index in [0.717, 1.165) is 37.7 Å². The van der Waals surface area contributed by atoms with Crippen molar-refractivity contribution in [1.82, 2.24) is 0 Å². The van der Waals surface area contributed by atoms with Gasteiger partial charge in [-0.25, -0.2) is 13.2 Å². The molecule has 22 heavy (non-hydrogen) atoms. The zero-order chi connectivity index (χ0) is 15.9. The van der Waals surface area contributed by atoms with Gasteiger partial charge in [0, 0.05) is 0 Å². The van der Waals surface area contributed by atoms with E-state index in [0.29, 0.717) is 5.56 Å². The average Bonchev–Trinajstić information content (AvgIpc) is 2.53. The Bertz CT molecular complexity index is 462. The van der Waals surface area contributed by atoms with Gasteiger partial charge in [-0.05, 0) is 49.1 Å². The summed E-state index contributed by atoms with van der Waals surface area (Å²) in [6.45, 7) is 2.22. The van der Waals surface area contributed by atoms with Crippen LogP contribution in [0.5, 0.6) is 0 Å². The van der Waals surface area contributed by atoms with Crippen LogP contribution >= 0.6 is 0 Å². The van der Waals surface area contributed by atoms with E-state index in [9.17, 15) is 13.2 Å². The van der Waals surface area contributed by atoms with Gasteiger partial charge in [-0.2, -0.15) is 0 Å². The van der Waals surface area contributed by atoms with E-state index in [2.05, 4.69) is 6.92 Å². The number of rotatable bonds is 7. The minimum absolute atomic E-state index is 0.0476. The third-order valence-corrected chi connectivity index (χ3v) is 5.07. The second-order valence-corrected chi connectivity index (χ2v) is 6.69. The first-order valence-corrected chi connectivity index (χ1v) is 8.76. The fraction of sp³-hybridized carbons (Fsp3) is 0.684. The molecule has 0 N–H and O–H groups in total. The van der Waals surface area contributed by atoms with E-state index in [1.165, 1.54) is 44.6 Å². The molecule has 124 valence electrons. The molecule has 1 aliphatic carbocycles. The molecule has 1 fully saturated rings. The molecule has 0 amide bonds. The van der Waals surface area contributed by atoms with Crippen LogP contribution in [0.4, 0.5) is 13.2 Å². The zero-order valence-corrected chi connectivity index (χ0v) is 13.5. The van der Waals surface area contributed by atoms with Gasteiger partial charge in [0.25, 0.3) is 0 Å². The molecule has 0 bridgehead atoms. The number of hydrogen-bond acceptors (Lipinski definition) is 0. The first-order chi connectivity index (χ1) is 10.6. The van der Waals surface area contributed by atoms with Gasteiger partial charge in [0.1, 0.15) is 0 Å². The first kappa shape index (κ1) is 17.4. The van der Waals surface area contributed by atoms with Gasteiger partial charge in [-0.15, -0.1) is 0 Å². The molecular weight excluding hydrogens is 285 g/mol. The van der Waals surface area contributed by atoms with Crippen LogP contribution in [0.1, 0.15) is 82.6 Å². The van der Waals surface area contributed by atoms with Crippen molar-refractivity contribution < 1.29 is 13.2 Å². The predicted molar refractivity (Wildman–Crippen MR) is 84.4 cm³/mol. The summed E-state index contributed by atoms with van der Waals surface area (Å²) >= 11 is 0. The lowest BCUT2D eigenvalue weighted by Crippen LogP contribution is -2.15. The zero-order valence-electron chi connectivity index (χ0n) is 13.5. The number of hydrogen-bond donors (Lipinski definition) is 0.